The predicted molar refractivity (Wildman–Crippen MR) is 79.7 cm³/mol. The van der Waals surface area contributed by atoms with Crippen LogP contribution in [-0.4, -0.2) is 36.2 Å². The molecule has 1 aliphatic rings. The topological polar surface area (TPSA) is 41.6 Å². The fourth-order valence-corrected chi connectivity index (χ4v) is 2.44. The van der Waals surface area contributed by atoms with Gasteiger partial charge in [0.05, 0.1) is 6.04 Å². The molecule has 1 N–H and O–H groups in total. The number of aryl methyl sites for hydroxylation is 1. The van der Waals surface area contributed by atoms with Crippen molar-refractivity contribution in [2.75, 3.05) is 19.6 Å². The van der Waals surface area contributed by atoms with Crippen LogP contribution in [0.5, 0.6) is 0 Å². The Hall–Kier alpha value is -1.62. The Morgan fingerprint density at radius 1 is 1.43 bits per heavy atom. The monoisotopic (exact) mass is 294 g/mol. The maximum absolute atomic E-state index is 13.4. The van der Waals surface area contributed by atoms with E-state index in [0.29, 0.717) is 19.6 Å². The molecule has 2 rings (SSSR count). The van der Waals surface area contributed by atoms with E-state index >= 15 is 0 Å². The van der Waals surface area contributed by atoms with Gasteiger partial charge >= 0.3 is 6.09 Å². The fraction of sp³-hybridized carbons (Fsp3) is 0.562. The molecule has 0 spiro atoms. The highest BCUT2D eigenvalue weighted by atomic mass is 19.1. The van der Waals surface area contributed by atoms with Crippen LogP contribution in [0.2, 0.25) is 0 Å². The lowest BCUT2D eigenvalue weighted by Gasteiger charge is -2.35. The standard InChI is InChI=1S/C16H23FN2O2/c1-11-5-6-12(17)9-13(11)14-10-19(8-7-18-14)15(20)21-16(2,3)4/h5-6,9,14,18H,7-8,10H2,1-4H3. The molecule has 4 nitrogen and oxygen atoms in total. The van der Waals surface area contributed by atoms with Gasteiger partial charge in [0.25, 0.3) is 0 Å². The van der Waals surface area contributed by atoms with E-state index in [-0.39, 0.29) is 18.0 Å². The lowest BCUT2D eigenvalue weighted by molar-refractivity contribution is 0.0195. The van der Waals surface area contributed by atoms with Crippen molar-refractivity contribution in [1.29, 1.82) is 0 Å². The molecule has 1 aliphatic heterocycles. The molecule has 116 valence electrons. The van der Waals surface area contributed by atoms with Crippen molar-refractivity contribution in [1.82, 2.24) is 10.2 Å². The van der Waals surface area contributed by atoms with Crippen LogP contribution in [0.4, 0.5) is 9.18 Å². The molecule has 0 aliphatic carbocycles. The van der Waals surface area contributed by atoms with Crippen LogP contribution < -0.4 is 5.32 Å². The summed E-state index contributed by atoms with van der Waals surface area (Å²) in [6.45, 7) is 9.24. The highest BCUT2D eigenvalue weighted by molar-refractivity contribution is 5.68. The van der Waals surface area contributed by atoms with Crippen molar-refractivity contribution in [3.05, 3.63) is 35.1 Å². The number of carbonyl (C=O) groups excluding carboxylic acids is 1. The third-order valence-corrected chi connectivity index (χ3v) is 3.44. The Morgan fingerprint density at radius 3 is 2.81 bits per heavy atom. The van der Waals surface area contributed by atoms with E-state index in [1.165, 1.54) is 12.1 Å². The molecule has 1 aromatic rings. The molecule has 0 aromatic heterocycles. The maximum Gasteiger partial charge on any atom is 0.410 e. The minimum Gasteiger partial charge on any atom is -0.444 e. The molecule has 0 saturated carbocycles. The lowest BCUT2D eigenvalue weighted by atomic mass is 9.99. The number of benzene rings is 1. The molecule has 1 unspecified atom stereocenters. The molecule has 5 heteroatoms. The average molecular weight is 294 g/mol. The number of halogens is 1. The first kappa shape index (κ1) is 15.8. The normalized spacial score (nSPS) is 19.5. The quantitative estimate of drug-likeness (QED) is 0.865. The van der Waals surface area contributed by atoms with Crippen molar-refractivity contribution in [3.8, 4) is 0 Å². The van der Waals surface area contributed by atoms with Gasteiger partial charge < -0.3 is 15.0 Å². The van der Waals surface area contributed by atoms with Gasteiger partial charge in [0, 0.05) is 19.6 Å². The zero-order valence-electron chi connectivity index (χ0n) is 13.1. The van der Waals surface area contributed by atoms with Crippen LogP contribution in [0, 0.1) is 12.7 Å². The molecular formula is C16H23FN2O2. The van der Waals surface area contributed by atoms with Crippen LogP contribution >= 0.6 is 0 Å². The van der Waals surface area contributed by atoms with Gasteiger partial charge in [0.15, 0.2) is 0 Å². The molecule has 1 heterocycles. The number of rotatable bonds is 1. The summed E-state index contributed by atoms with van der Waals surface area (Å²) >= 11 is 0. The second kappa shape index (κ2) is 6.02. The Bertz CT molecular complexity index is 525. The van der Waals surface area contributed by atoms with Crippen LogP contribution in [0.15, 0.2) is 18.2 Å². The van der Waals surface area contributed by atoms with E-state index in [9.17, 15) is 9.18 Å². The molecule has 0 bridgehead atoms. The number of ether oxygens (including phenoxy) is 1. The summed E-state index contributed by atoms with van der Waals surface area (Å²) in [5.41, 5.74) is 1.40. The second-order valence-electron chi connectivity index (χ2n) is 6.43. The van der Waals surface area contributed by atoms with E-state index in [1.807, 2.05) is 27.7 Å². The zero-order valence-corrected chi connectivity index (χ0v) is 13.1. The van der Waals surface area contributed by atoms with Gasteiger partial charge in [-0.25, -0.2) is 9.18 Å². The predicted octanol–water partition coefficient (Wildman–Crippen LogP) is 3.02. The van der Waals surface area contributed by atoms with Gasteiger partial charge in [-0.2, -0.15) is 0 Å². The Kier molecular flexibility index (Phi) is 4.52. The van der Waals surface area contributed by atoms with Crippen LogP contribution in [0.25, 0.3) is 0 Å². The Balaban J connectivity index is 2.10. The van der Waals surface area contributed by atoms with Crippen molar-refractivity contribution in [2.45, 2.75) is 39.3 Å². The first-order chi connectivity index (χ1) is 9.76. The SMILES string of the molecule is Cc1ccc(F)cc1C1CN(C(=O)OC(C)(C)C)CCN1. The number of nitrogens with zero attached hydrogens (tertiary/aromatic N) is 1. The van der Waals surface area contributed by atoms with Crippen LogP contribution in [0.1, 0.15) is 37.9 Å². The summed E-state index contributed by atoms with van der Waals surface area (Å²) in [6, 6.07) is 4.68. The van der Waals surface area contributed by atoms with Gasteiger partial charge in [-0.05, 0) is 51.0 Å². The van der Waals surface area contributed by atoms with Gasteiger partial charge in [-0.1, -0.05) is 6.07 Å². The summed E-state index contributed by atoms with van der Waals surface area (Å²) < 4.78 is 18.8. The van der Waals surface area contributed by atoms with Crippen molar-refractivity contribution in [2.24, 2.45) is 0 Å². The highest BCUT2D eigenvalue weighted by Crippen LogP contribution is 2.23. The molecule has 21 heavy (non-hydrogen) atoms. The van der Waals surface area contributed by atoms with E-state index in [0.717, 1.165) is 11.1 Å². The number of piperazine rings is 1. The van der Waals surface area contributed by atoms with E-state index in [4.69, 9.17) is 4.74 Å². The second-order valence-corrected chi connectivity index (χ2v) is 6.43. The fourth-order valence-electron chi connectivity index (χ4n) is 2.44. The Labute approximate surface area is 125 Å². The van der Waals surface area contributed by atoms with Crippen molar-refractivity contribution < 1.29 is 13.9 Å². The summed E-state index contributed by atoms with van der Waals surface area (Å²) in [5, 5.41) is 3.34. The Morgan fingerprint density at radius 2 is 2.14 bits per heavy atom. The zero-order chi connectivity index (χ0) is 15.6. The largest absolute Gasteiger partial charge is 0.444 e. The molecule has 1 amide bonds. The van der Waals surface area contributed by atoms with Crippen LogP contribution in [0.3, 0.4) is 0 Å². The number of amides is 1. The number of hydrogen-bond acceptors (Lipinski definition) is 3. The molecule has 1 fully saturated rings. The number of nitrogens with one attached hydrogen (secondary N) is 1. The van der Waals surface area contributed by atoms with E-state index < -0.39 is 5.60 Å². The number of carbonyl (C=O) groups is 1. The summed E-state index contributed by atoms with van der Waals surface area (Å²) in [7, 11) is 0. The molecule has 1 saturated heterocycles. The van der Waals surface area contributed by atoms with Gasteiger partial charge in [-0.3, -0.25) is 0 Å². The first-order valence-electron chi connectivity index (χ1n) is 7.23. The van der Waals surface area contributed by atoms with Crippen molar-refractivity contribution >= 4 is 6.09 Å². The minimum absolute atomic E-state index is 0.0676. The van der Waals surface area contributed by atoms with Gasteiger partial charge in [0.1, 0.15) is 11.4 Å². The maximum atomic E-state index is 13.4. The highest BCUT2D eigenvalue weighted by Gasteiger charge is 2.28. The molecule has 1 atom stereocenters. The summed E-state index contributed by atoms with van der Waals surface area (Å²) in [6.07, 6.45) is -0.317. The van der Waals surface area contributed by atoms with E-state index in [2.05, 4.69) is 5.32 Å². The molecule has 0 radical (unpaired) electrons. The van der Waals surface area contributed by atoms with Gasteiger partial charge in [0.2, 0.25) is 0 Å². The van der Waals surface area contributed by atoms with Crippen molar-refractivity contribution in [3.63, 3.8) is 0 Å². The minimum atomic E-state index is -0.508. The van der Waals surface area contributed by atoms with E-state index in [1.54, 1.807) is 11.0 Å². The molecular weight excluding hydrogens is 271 g/mol. The van der Waals surface area contributed by atoms with Crippen LogP contribution in [-0.2, 0) is 4.74 Å². The lowest BCUT2D eigenvalue weighted by Crippen LogP contribution is -2.49. The smallest absolute Gasteiger partial charge is 0.410 e. The van der Waals surface area contributed by atoms with Gasteiger partial charge in [-0.15, -0.1) is 0 Å². The third-order valence-electron chi connectivity index (χ3n) is 3.44. The summed E-state index contributed by atoms with van der Waals surface area (Å²) in [5.74, 6) is -0.258. The third kappa shape index (κ3) is 4.17. The first-order valence-corrected chi connectivity index (χ1v) is 7.23. The molecule has 1 aromatic carbocycles. The number of hydrogen-bond donors (Lipinski definition) is 1. The summed E-state index contributed by atoms with van der Waals surface area (Å²) in [4.78, 5) is 13.8. The average Bonchev–Trinajstić information content (AvgIpc) is 2.40.